The molecule has 3 N–H and O–H groups in total. The largest absolute Gasteiger partial charge is 0.479 e. The molecule has 1 amide bonds. The summed E-state index contributed by atoms with van der Waals surface area (Å²) in [4.78, 5) is 21.2. The Hall–Kier alpha value is -1.28. The standard InChI is InChI=1S/C9H15F2NO5/c10-7(11)5-17-4-2-8(14)12-3-1-6(13)9(15)16/h6-7,13H,1-5H2,(H,12,14)(H,15,16)/t6-/m0/s1. The fourth-order valence-corrected chi connectivity index (χ4v) is 0.897. The van der Waals surface area contributed by atoms with Gasteiger partial charge in [0.1, 0.15) is 6.61 Å². The van der Waals surface area contributed by atoms with E-state index in [0.717, 1.165) is 0 Å². The molecule has 0 saturated carbocycles. The van der Waals surface area contributed by atoms with Gasteiger partial charge in [0.25, 0.3) is 6.43 Å². The van der Waals surface area contributed by atoms with Crippen LogP contribution in [0.25, 0.3) is 0 Å². The van der Waals surface area contributed by atoms with Crippen molar-refractivity contribution in [2.24, 2.45) is 0 Å². The Morgan fingerprint density at radius 1 is 1.35 bits per heavy atom. The van der Waals surface area contributed by atoms with Gasteiger partial charge < -0.3 is 20.3 Å². The maximum Gasteiger partial charge on any atom is 0.332 e. The Balaban J connectivity index is 3.44. The molecule has 0 heterocycles. The van der Waals surface area contributed by atoms with Crippen molar-refractivity contribution in [3.63, 3.8) is 0 Å². The lowest BCUT2D eigenvalue weighted by Gasteiger charge is -2.07. The fourth-order valence-electron chi connectivity index (χ4n) is 0.897. The van der Waals surface area contributed by atoms with E-state index < -0.39 is 31.0 Å². The molecule has 0 aromatic carbocycles. The lowest BCUT2D eigenvalue weighted by molar-refractivity contribution is -0.147. The van der Waals surface area contributed by atoms with Gasteiger partial charge in [-0.2, -0.15) is 0 Å². The summed E-state index contributed by atoms with van der Waals surface area (Å²) < 4.78 is 27.7. The second-order valence-electron chi connectivity index (χ2n) is 3.21. The van der Waals surface area contributed by atoms with Crippen LogP contribution in [0.2, 0.25) is 0 Å². The van der Waals surface area contributed by atoms with Gasteiger partial charge in [0.2, 0.25) is 5.91 Å². The number of aliphatic hydroxyl groups excluding tert-OH is 1. The fraction of sp³-hybridized carbons (Fsp3) is 0.778. The second-order valence-corrected chi connectivity index (χ2v) is 3.21. The van der Waals surface area contributed by atoms with E-state index in [1.807, 2.05) is 0 Å². The van der Waals surface area contributed by atoms with E-state index in [9.17, 15) is 18.4 Å². The van der Waals surface area contributed by atoms with Gasteiger partial charge in [-0.25, -0.2) is 13.6 Å². The van der Waals surface area contributed by atoms with Crippen LogP contribution in [0.4, 0.5) is 8.78 Å². The van der Waals surface area contributed by atoms with E-state index >= 15 is 0 Å². The molecule has 8 heteroatoms. The Morgan fingerprint density at radius 2 is 2.00 bits per heavy atom. The first kappa shape index (κ1) is 15.7. The van der Waals surface area contributed by atoms with Gasteiger partial charge in [-0.1, -0.05) is 0 Å². The molecule has 0 aliphatic heterocycles. The average molecular weight is 255 g/mol. The molecule has 100 valence electrons. The summed E-state index contributed by atoms with van der Waals surface area (Å²) in [7, 11) is 0. The highest BCUT2D eigenvalue weighted by Gasteiger charge is 2.12. The number of amides is 1. The summed E-state index contributed by atoms with van der Waals surface area (Å²) in [5.74, 6) is -1.81. The van der Waals surface area contributed by atoms with E-state index in [4.69, 9.17) is 10.2 Å². The average Bonchev–Trinajstić information content (AvgIpc) is 2.23. The Kier molecular flexibility index (Phi) is 8.16. The number of carboxylic acid groups (broad SMARTS) is 1. The second kappa shape index (κ2) is 8.82. The molecule has 1 atom stereocenters. The zero-order chi connectivity index (χ0) is 13.3. The number of hydrogen-bond acceptors (Lipinski definition) is 4. The summed E-state index contributed by atoms with van der Waals surface area (Å²) >= 11 is 0. The highest BCUT2D eigenvalue weighted by molar-refractivity contribution is 5.76. The number of aliphatic carboxylic acids is 1. The Bertz CT molecular complexity index is 250. The van der Waals surface area contributed by atoms with Crippen LogP contribution in [0.5, 0.6) is 0 Å². The van der Waals surface area contributed by atoms with Gasteiger partial charge in [0, 0.05) is 19.4 Å². The Morgan fingerprint density at radius 3 is 2.53 bits per heavy atom. The number of carbonyl (C=O) groups is 2. The number of ether oxygens (including phenoxy) is 1. The molecule has 6 nitrogen and oxygen atoms in total. The summed E-state index contributed by atoms with van der Waals surface area (Å²) in [5, 5.41) is 19.5. The molecule has 0 aromatic heterocycles. The molecular formula is C9H15F2NO5. The summed E-state index contributed by atoms with van der Waals surface area (Å²) in [6.07, 6.45) is -4.29. The summed E-state index contributed by atoms with van der Waals surface area (Å²) in [6.45, 7) is -0.843. The van der Waals surface area contributed by atoms with Gasteiger partial charge in [0.15, 0.2) is 6.10 Å². The first-order valence-electron chi connectivity index (χ1n) is 4.97. The maximum absolute atomic E-state index is 11.6. The van der Waals surface area contributed by atoms with Crippen molar-refractivity contribution in [3.05, 3.63) is 0 Å². The van der Waals surface area contributed by atoms with Crippen molar-refractivity contribution in [2.45, 2.75) is 25.4 Å². The van der Waals surface area contributed by atoms with Crippen LogP contribution in [-0.2, 0) is 14.3 Å². The number of carboxylic acids is 1. The predicted octanol–water partition coefficient (Wildman–Crippen LogP) is -0.390. The minimum atomic E-state index is -2.57. The third-order valence-corrected chi connectivity index (χ3v) is 1.74. The highest BCUT2D eigenvalue weighted by atomic mass is 19.3. The molecule has 0 saturated heterocycles. The number of halogens is 2. The maximum atomic E-state index is 11.6. The van der Waals surface area contributed by atoms with Crippen molar-refractivity contribution in [2.75, 3.05) is 19.8 Å². The van der Waals surface area contributed by atoms with E-state index in [0.29, 0.717) is 0 Å². The number of alkyl halides is 2. The van der Waals surface area contributed by atoms with Crippen LogP contribution in [0.15, 0.2) is 0 Å². The van der Waals surface area contributed by atoms with E-state index in [2.05, 4.69) is 10.1 Å². The van der Waals surface area contributed by atoms with Crippen LogP contribution in [0.1, 0.15) is 12.8 Å². The van der Waals surface area contributed by atoms with E-state index in [-0.39, 0.29) is 26.0 Å². The first-order valence-corrected chi connectivity index (χ1v) is 4.97. The minimum absolute atomic E-state index is 0.00114. The van der Waals surface area contributed by atoms with Crippen LogP contribution in [-0.4, -0.2) is 54.4 Å². The van der Waals surface area contributed by atoms with Crippen molar-refractivity contribution < 1.29 is 33.3 Å². The van der Waals surface area contributed by atoms with Crippen LogP contribution in [0, 0.1) is 0 Å². The van der Waals surface area contributed by atoms with Gasteiger partial charge in [-0.15, -0.1) is 0 Å². The lowest BCUT2D eigenvalue weighted by atomic mass is 10.2. The van der Waals surface area contributed by atoms with Crippen LogP contribution >= 0.6 is 0 Å². The van der Waals surface area contributed by atoms with Crippen molar-refractivity contribution in [1.29, 1.82) is 0 Å². The number of hydrogen-bond donors (Lipinski definition) is 3. The third-order valence-electron chi connectivity index (χ3n) is 1.74. The highest BCUT2D eigenvalue weighted by Crippen LogP contribution is 1.94. The molecule has 0 spiro atoms. The van der Waals surface area contributed by atoms with Crippen molar-refractivity contribution in [3.8, 4) is 0 Å². The quantitative estimate of drug-likeness (QED) is 0.488. The van der Waals surface area contributed by atoms with Gasteiger partial charge in [0.05, 0.1) is 6.61 Å². The normalized spacial score (nSPS) is 12.5. The van der Waals surface area contributed by atoms with E-state index in [1.54, 1.807) is 0 Å². The van der Waals surface area contributed by atoms with Crippen molar-refractivity contribution in [1.82, 2.24) is 5.32 Å². The topological polar surface area (TPSA) is 95.9 Å². The summed E-state index contributed by atoms with van der Waals surface area (Å²) in [5.41, 5.74) is 0. The Labute approximate surface area is 96.6 Å². The van der Waals surface area contributed by atoms with Gasteiger partial charge >= 0.3 is 5.97 Å². The SMILES string of the molecule is O=C(CCOCC(F)F)NCC[C@H](O)C(=O)O. The van der Waals surface area contributed by atoms with Gasteiger partial charge in [-0.3, -0.25) is 4.79 Å². The molecule has 0 aliphatic carbocycles. The molecule has 17 heavy (non-hydrogen) atoms. The molecule has 0 aromatic rings. The third kappa shape index (κ3) is 9.64. The smallest absolute Gasteiger partial charge is 0.332 e. The van der Waals surface area contributed by atoms with Crippen LogP contribution in [0.3, 0.4) is 0 Å². The molecule has 0 rings (SSSR count). The molecule has 0 aliphatic rings. The molecule has 0 bridgehead atoms. The molecule has 0 fully saturated rings. The molecule has 0 unspecified atom stereocenters. The van der Waals surface area contributed by atoms with Crippen LogP contribution < -0.4 is 5.32 Å². The van der Waals surface area contributed by atoms with Crippen molar-refractivity contribution >= 4 is 11.9 Å². The lowest BCUT2D eigenvalue weighted by Crippen LogP contribution is -2.30. The predicted molar refractivity (Wildman–Crippen MR) is 52.7 cm³/mol. The minimum Gasteiger partial charge on any atom is -0.479 e. The zero-order valence-electron chi connectivity index (χ0n) is 9.07. The number of nitrogens with one attached hydrogen (secondary N) is 1. The number of carbonyl (C=O) groups excluding carboxylic acids is 1. The first-order chi connectivity index (χ1) is 7.93. The number of rotatable bonds is 9. The molecular weight excluding hydrogens is 240 g/mol. The summed E-state index contributed by atoms with van der Waals surface area (Å²) in [6, 6.07) is 0. The monoisotopic (exact) mass is 255 g/mol. The molecule has 0 radical (unpaired) electrons. The number of aliphatic hydroxyl groups is 1. The zero-order valence-corrected chi connectivity index (χ0v) is 9.07. The van der Waals surface area contributed by atoms with Gasteiger partial charge in [-0.05, 0) is 0 Å². The van der Waals surface area contributed by atoms with E-state index in [1.165, 1.54) is 0 Å².